The first-order valence-electron chi connectivity index (χ1n) is 29.5. The van der Waals surface area contributed by atoms with Gasteiger partial charge in [0.2, 0.25) is 11.8 Å². The molecule has 0 aliphatic rings. The minimum absolute atomic E-state index is 0.254. The van der Waals surface area contributed by atoms with Crippen LogP contribution in [0.1, 0.15) is 287 Å². The summed E-state index contributed by atoms with van der Waals surface area (Å²) in [7, 11) is 4.06. The highest BCUT2D eigenvalue weighted by atomic mass is 33.1. The molecule has 1 atom stereocenters. The Hall–Kier alpha value is -0.440. The molecule has 0 aromatic carbocycles. The molecule has 1 unspecified atom stereocenters. The van der Waals surface area contributed by atoms with E-state index in [0.29, 0.717) is 18.9 Å². The molecule has 0 saturated carbocycles. The number of carbonyl (C=O) groups excluding carboxylic acids is 2. The molecule has 6 nitrogen and oxygen atoms in total. The van der Waals surface area contributed by atoms with Gasteiger partial charge in [-0.15, -0.1) is 0 Å². The monoisotopic (exact) mass is 968 g/mol. The molecule has 0 heterocycles. The summed E-state index contributed by atoms with van der Waals surface area (Å²) in [4.78, 5) is 27.0. The van der Waals surface area contributed by atoms with Crippen LogP contribution < -0.4 is 10.6 Å². The highest BCUT2D eigenvalue weighted by Gasteiger charge is 2.29. The number of amides is 2. The Morgan fingerprint density at radius 2 is 0.773 bits per heavy atom. The molecular formula is C58H119N4O2S2+. The SMILES string of the molecule is CCN(CCCCCCCCCCCCCCCC(=O)NCCCCCCSSCCCCCCNC(=O)CCCCCCCCCCCCCCC[N+](CC)(CC(C)C)C(C)C)C(C)C. The van der Waals surface area contributed by atoms with Crippen molar-refractivity contribution in [3.63, 3.8) is 0 Å². The smallest absolute Gasteiger partial charge is 0.219 e. The molecule has 0 aliphatic carbocycles. The maximum Gasteiger partial charge on any atom is 0.219 e. The van der Waals surface area contributed by atoms with E-state index >= 15 is 0 Å². The van der Waals surface area contributed by atoms with E-state index in [1.165, 1.54) is 241 Å². The minimum Gasteiger partial charge on any atom is -0.356 e. The first-order valence-corrected chi connectivity index (χ1v) is 31.9. The second-order valence-corrected chi connectivity index (χ2v) is 24.2. The number of rotatable bonds is 53. The van der Waals surface area contributed by atoms with Crippen LogP contribution in [0.3, 0.4) is 0 Å². The zero-order valence-corrected chi connectivity index (χ0v) is 47.7. The van der Waals surface area contributed by atoms with Crippen LogP contribution in [0.2, 0.25) is 0 Å². The summed E-state index contributed by atoms with van der Waals surface area (Å²) in [5.74, 6) is 3.76. The lowest BCUT2D eigenvalue weighted by Crippen LogP contribution is -2.55. The van der Waals surface area contributed by atoms with Crippen molar-refractivity contribution in [2.75, 3.05) is 57.3 Å². The van der Waals surface area contributed by atoms with Crippen molar-refractivity contribution in [3.05, 3.63) is 0 Å². The van der Waals surface area contributed by atoms with Crippen LogP contribution in [-0.2, 0) is 9.59 Å². The van der Waals surface area contributed by atoms with Gasteiger partial charge < -0.3 is 20.0 Å². The van der Waals surface area contributed by atoms with E-state index in [4.69, 9.17) is 0 Å². The molecule has 2 amide bonds. The molecule has 0 fully saturated rings. The Morgan fingerprint density at radius 3 is 1.11 bits per heavy atom. The lowest BCUT2D eigenvalue weighted by Gasteiger charge is -2.43. The lowest BCUT2D eigenvalue weighted by molar-refractivity contribution is -0.949. The van der Waals surface area contributed by atoms with Gasteiger partial charge in [0, 0.05) is 49.4 Å². The van der Waals surface area contributed by atoms with Crippen LogP contribution in [0.5, 0.6) is 0 Å². The number of hydrogen-bond acceptors (Lipinski definition) is 5. The number of unbranched alkanes of at least 4 members (excludes halogenated alkanes) is 30. The molecule has 0 rings (SSSR count). The van der Waals surface area contributed by atoms with Gasteiger partial charge in [-0.3, -0.25) is 9.59 Å². The average molecular weight is 969 g/mol. The first-order chi connectivity index (χ1) is 32.1. The van der Waals surface area contributed by atoms with Crippen molar-refractivity contribution in [1.29, 1.82) is 0 Å². The molecule has 0 radical (unpaired) electrons. The average Bonchev–Trinajstić information content (AvgIpc) is 3.29. The highest BCUT2D eigenvalue weighted by Crippen LogP contribution is 2.25. The largest absolute Gasteiger partial charge is 0.356 e. The fourth-order valence-corrected chi connectivity index (χ4v) is 12.2. The van der Waals surface area contributed by atoms with E-state index in [-0.39, 0.29) is 11.8 Å². The van der Waals surface area contributed by atoms with Gasteiger partial charge in [-0.2, -0.15) is 0 Å². The predicted octanol–water partition coefficient (Wildman–Crippen LogP) is 17.3. The standard InChI is InChI=1S/C58H118N4O2S2/c1-9-61(55(5)6)49-41-33-27-23-19-15-11-13-17-21-25-29-37-45-57(63)59-47-39-31-35-43-51-65-66-52-44-36-32-40-48-60-58(64)46-38-30-26-22-18-14-12-16-20-24-28-34-42-50-62(10-2,56(7)8)53-54(3)4/h54-56H,9-53H2,1-8H3,(H-,59,60,63,64)/p+1. The predicted molar refractivity (Wildman–Crippen MR) is 300 cm³/mol. The van der Waals surface area contributed by atoms with Crippen LogP contribution in [0.15, 0.2) is 0 Å². The number of carbonyl (C=O) groups is 2. The van der Waals surface area contributed by atoms with Crippen LogP contribution >= 0.6 is 21.6 Å². The molecule has 8 heteroatoms. The number of nitrogens with zero attached hydrogens (tertiary/aromatic N) is 2. The van der Waals surface area contributed by atoms with Gasteiger partial charge in [-0.25, -0.2) is 0 Å². The van der Waals surface area contributed by atoms with Gasteiger partial charge in [-0.05, 0) is 105 Å². The number of hydrogen-bond donors (Lipinski definition) is 2. The van der Waals surface area contributed by atoms with E-state index in [0.717, 1.165) is 50.7 Å². The van der Waals surface area contributed by atoms with Crippen molar-refractivity contribution in [2.45, 2.75) is 299 Å². The van der Waals surface area contributed by atoms with Crippen LogP contribution in [0, 0.1) is 5.92 Å². The Morgan fingerprint density at radius 1 is 0.439 bits per heavy atom. The zero-order chi connectivity index (χ0) is 48.6. The molecule has 66 heavy (non-hydrogen) atoms. The summed E-state index contributed by atoms with van der Waals surface area (Å²) in [6.45, 7) is 27.0. The molecule has 2 N–H and O–H groups in total. The second kappa shape index (κ2) is 49.5. The maximum atomic E-state index is 12.2. The van der Waals surface area contributed by atoms with Crippen molar-refractivity contribution in [2.24, 2.45) is 5.92 Å². The fraction of sp³-hybridized carbons (Fsp3) is 0.966. The third-order valence-electron chi connectivity index (χ3n) is 14.5. The Kier molecular flexibility index (Phi) is 49.2. The summed E-state index contributed by atoms with van der Waals surface area (Å²) in [5.41, 5.74) is 0. The minimum atomic E-state index is 0.254. The number of quaternary nitrogens is 1. The molecule has 0 bridgehead atoms. The molecule has 0 saturated heterocycles. The van der Waals surface area contributed by atoms with Gasteiger partial charge >= 0.3 is 0 Å². The van der Waals surface area contributed by atoms with E-state index < -0.39 is 0 Å². The summed E-state index contributed by atoms with van der Waals surface area (Å²) in [5, 5.41) is 6.31. The molecule has 0 aliphatic heterocycles. The van der Waals surface area contributed by atoms with Crippen molar-refractivity contribution in [3.8, 4) is 0 Å². The van der Waals surface area contributed by atoms with E-state index in [9.17, 15) is 9.59 Å². The van der Waals surface area contributed by atoms with Crippen LogP contribution in [-0.4, -0.2) is 90.6 Å². The molecular weight excluding hydrogens is 849 g/mol. The Labute approximate surface area is 422 Å². The van der Waals surface area contributed by atoms with E-state index in [1.807, 2.05) is 21.6 Å². The zero-order valence-electron chi connectivity index (χ0n) is 46.1. The van der Waals surface area contributed by atoms with Crippen molar-refractivity contribution >= 4 is 33.4 Å². The highest BCUT2D eigenvalue weighted by molar-refractivity contribution is 8.76. The van der Waals surface area contributed by atoms with Gasteiger partial charge in [0.25, 0.3) is 0 Å². The molecule has 394 valence electrons. The number of nitrogens with one attached hydrogen (secondary N) is 2. The fourth-order valence-electron chi connectivity index (χ4n) is 9.95. The van der Waals surface area contributed by atoms with Crippen LogP contribution in [0.25, 0.3) is 0 Å². The Balaban J connectivity index is 3.33. The topological polar surface area (TPSA) is 61.4 Å². The normalized spacial score (nSPS) is 12.8. The third kappa shape index (κ3) is 43.6. The van der Waals surface area contributed by atoms with Crippen molar-refractivity contribution < 1.29 is 14.1 Å². The van der Waals surface area contributed by atoms with Gasteiger partial charge in [-0.1, -0.05) is 203 Å². The quantitative estimate of drug-likeness (QED) is 0.0361. The summed E-state index contributed by atoms with van der Waals surface area (Å²) < 4.78 is 1.30. The van der Waals surface area contributed by atoms with Gasteiger partial charge in [0.15, 0.2) is 0 Å². The van der Waals surface area contributed by atoms with E-state index in [1.54, 1.807) is 0 Å². The summed E-state index contributed by atoms with van der Waals surface area (Å²) >= 11 is 0. The second-order valence-electron chi connectivity index (χ2n) is 21.5. The lowest BCUT2D eigenvalue weighted by atomic mass is 10.0. The molecule has 0 aromatic rings. The van der Waals surface area contributed by atoms with E-state index in [2.05, 4.69) is 70.9 Å². The van der Waals surface area contributed by atoms with Crippen molar-refractivity contribution in [1.82, 2.24) is 15.5 Å². The third-order valence-corrected chi connectivity index (χ3v) is 17.1. The molecule has 0 spiro atoms. The first kappa shape index (κ1) is 65.6. The maximum absolute atomic E-state index is 12.2. The van der Waals surface area contributed by atoms with Gasteiger partial charge in [0.1, 0.15) is 0 Å². The molecule has 0 aromatic heterocycles. The summed E-state index contributed by atoms with van der Waals surface area (Å²) in [6.07, 6.45) is 46.1. The van der Waals surface area contributed by atoms with Gasteiger partial charge in [0.05, 0.1) is 25.7 Å². The summed E-state index contributed by atoms with van der Waals surface area (Å²) in [6, 6.07) is 1.42. The Bertz CT molecular complexity index is 1030. The van der Waals surface area contributed by atoms with Crippen LogP contribution in [0.4, 0.5) is 0 Å².